The number of nitrogens with zero attached hydrogens (tertiary/aromatic N) is 1. The van der Waals surface area contributed by atoms with E-state index < -0.39 is 0 Å². The second-order valence-corrected chi connectivity index (χ2v) is 5.16. The monoisotopic (exact) mass is 275 g/mol. The van der Waals surface area contributed by atoms with E-state index in [9.17, 15) is 4.79 Å². The van der Waals surface area contributed by atoms with E-state index >= 15 is 0 Å². The van der Waals surface area contributed by atoms with Crippen LogP contribution in [0.3, 0.4) is 0 Å². The molecular weight excluding hydrogens is 258 g/mol. The predicted molar refractivity (Wildman–Crippen MR) is 84.3 cm³/mol. The van der Waals surface area contributed by atoms with Gasteiger partial charge < -0.3 is 0 Å². The summed E-state index contributed by atoms with van der Waals surface area (Å²) < 4.78 is 0. The molecule has 1 aromatic heterocycles. The molecule has 1 aliphatic rings. The number of carbonyl (C=O) groups is 1. The minimum absolute atomic E-state index is 0.0911. The van der Waals surface area contributed by atoms with Crippen LogP contribution in [-0.2, 0) is 12.8 Å². The molecule has 0 spiro atoms. The maximum atomic E-state index is 12.7. The van der Waals surface area contributed by atoms with E-state index in [0.717, 1.165) is 35.1 Å². The fourth-order valence-corrected chi connectivity index (χ4v) is 2.69. The lowest BCUT2D eigenvalue weighted by atomic mass is 9.83. The van der Waals surface area contributed by atoms with Crippen molar-refractivity contribution in [1.82, 2.24) is 4.98 Å². The van der Waals surface area contributed by atoms with E-state index in [1.807, 2.05) is 43.3 Å². The molecular formula is C19H17NO. The minimum Gasteiger partial charge on any atom is -0.289 e. The molecule has 0 fully saturated rings. The molecule has 0 saturated heterocycles. The Balaban J connectivity index is 1.96. The molecule has 2 nitrogen and oxygen atoms in total. The molecule has 0 aliphatic heterocycles. The predicted octanol–water partition coefficient (Wildman–Crippen LogP) is 3.94. The summed E-state index contributed by atoms with van der Waals surface area (Å²) in [5.74, 6) is 0.0911. The second kappa shape index (κ2) is 5.88. The lowest BCUT2D eigenvalue weighted by molar-refractivity contribution is 0.103. The van der Waals surface area contributed by atoms with Gasteiger partial charge in [-0.05, 0) is 42.5 Å². The number of carbonyl (C=O) groups excluding carboxylic acids is 1. The van der Waals surface area contributed by atoms with Gasteiger partial charge in [0, 0.05) is 23.5 Å². The van der Waals surface area contributed by atoms with Gasteiger partial charge in [-0.25, -0.2) is 0 Å². The van der Waals surface area contributed by atoms with Crippen LogP contribution in [0.2, 0.25) is 0 Å². The van der Waals surface area contributed by atoms with Crippen molar-refractivity contribution < 1.29 is 4.79 Å². The molecule has 21 heavy (non-hydrogen) atoms. The average molecular weight is 275 g/mol. The Bertz CT molecular complexity index is 726. The van der Waals surface area contributed by atoms with Crippen LogP contribution >= 0.6 is 0 Å². The van der Waals surface area contributed by atoms with Gasteiger partial charge in [0.2, 0.25) is 0 Å². The van der Waals surface area contributed by atoms with Crippen molar-refractivity contribution >= 4 is 5.78 Å². The van der Waals surface area contributed by atoms with Crippen molar-refractivity contribution in [3.8, 4) is 0 Å². The zero-order chi connectivity index (χ0) is 14.7. The molecule has 1 aromatic carbocycles. The third-order valence-electron chi connectivity index (χ3n) is 3.86. The van der Waals surface area contributed by atoms with Crippen molar-refractivity contribution in [2.75, 3.05) is 0 Å². The Morgan fingerprint density at radius 1 is 1.19 bits per heavy atom. The van der Waals surface area contributed by atoms with Crippen molar-refractivity contribution in [3.63, 3.8) is 0 Å². The summed E-state index contributed by atoms with van der Waals surface area (Å²) in [6, 6.07) is 12.1. The van der Waals surface area contributed by atoms with Crippen molar-refractivity contribution in [2.24, 2.45) is 0 Å². The van der Waals surface area contributed by atoms with Gasteiger partial charge in [-0.1, -0.05) is 42.5 Å². The van der Waals surface area contributed by atoms with E-state index in [1.54, 1.807) is 12.4 Å². The van der Waals surface area contributed by atoms with Gasteiger partial charge in [-0.2, -0.15) is 0 Å². The molecule has 0 bridgehead atoms. The zero-order valence-electron chi connectivity index (χ0n) is 12.0. The summed E-state index contributed by atoms with van der Waals surface area (Å²) in [6.07, 6.45) is 9.09. The van der Waals surface area contributed by atoms with Gasteiger partial charge in [-0.3, -0.25) is 9.78 Å². The summed E-state index contributed by atoms with van der Waals surface area (Å²) >= 11 is 0. The fraction of sp³-hybridized carbons (Fsp3) is 0.158. The number of ketones is 1. The van der Waals surface area contributed by atoms with Gasteiger partial charge in [-0.15, -0.1) is 0 Å². The minimum atomic E-state index is 0.0911. The number of rotatable bonds is 2. The molecule has 0 saturated carbocycles. The highest BCUT2D eigenvalue weighted by molar-refractivity contribution is 6.13. The Morgan fingerprint density at radius 3 is 2.76 bits per heavy atom. The second-order valence-electron chi connectivity index (χ2n) is 5.16. The van der Waals surface area contributed by atoms with Crippen LogP contribution in [-0.4, -0.2) is 10.8 Å². The van der Waals surface area contributed by atoms with Crippen LogP contribution < -0.4 is 0 Å². The smallest absolute Gasteiger partial charge is 0.194 e. The van der Waals surface area contributed by atoms with Crippen LogP contribution in [0.1, 0.15) is 28.4 Å². The first-order valence-corrected chi connectivity index (χ1v) is 7.17. The number of allylic oxidation sites excluding steroid dienone is 4. The third kappa shape index (κ3) is 2.70. The molecule has 2 heteroatoms. The van der Waals surface area contributed by atoms with Crippen LogP contribution in [0.5, 0.6) is 0 Å². The maximum absolute atomic E-state index is 12.7. The third-order valence-corrected chi connectivity index (χ3v) is 3.86. The number of fused-ring (bicyclic) bond motifs is 1. The SMILES string of the molecule is C/C=C1/Cc2ccncc2C(=O)/C1=C/Cc1ccccc1. The maximum Gasteiger partial charge on any atom is 0.194 e. The number of hydrogen-bond acceptors (Lipinski definition) is 2. The molecule has 3 rings (SSSR count). The molecule has 104 valence electrons. The highest BCUT2D eigenvalue weighted by Crippen LogP contribution is 2.29. The molecule has 2 aromatic rings. The first-order chi connectivity index (χ1) is 10.3. The van der Waals surface area contributed by atoms with Gasteiger partial charge >= 0.3 is 0 Å². The van der Waals surface area contributed by atoms with Gasteiger partial charge in [0.1, 0.15) is 0 Å². The number of Topliss-reactive ketones (excluding diaryl/α,β-unsaturated/α-hetero) is 1. The Morgan fingerprint density at radius 2 is 2.00 bits per heavy atom. The Kier molecular flexibility index (Phi) is 3.78. The van der Waals surface area contributed by atoms with Crippen molar-refractivity contribution in [3.05, 3.63) is 88.8 Å². The van der Waals surface area contributed by atoms with Crippen LogP contribution in [0.25, 0.3) is 0 Å². The van der Waals surface area contributed by atoms with Gasteiger partial charge in [0.15, 0.2) is 5.78 Å². The first kappa shape index (κ1) is 13.5. The lowest BCUT2D eigenvalue weighted by Gasteiger charge is -2.20. The van der Waals surface area contributed by atoms with E-state index in [4.69, 9.17) is 0 Å². The van der Waals surface area contributed by atoms with Crippen molar-refractivity contribution in [2.45, 2.75) is 19.8 Å². The topological polar surface area (TPSA) is 30.0 Å². The quantitative estimate of drug-likeness (QED) is 0.777. The Hall–Kier alpha value is -2.48. The fourth-order valence-electron chi connectivity index (χ4n) is 2.69. The Labute approximate surface area is 124 Å². The lowest BCUT2D eigenvalue weighted by Crippen LogP contribution is -2.17. The number of aromatic nitrogens is 1. The van der Waals surface area contributed by atoms with Gasteiger partial charge in [0.25, 0.3) is 0 Å². The summed E-state index contributed by atoms with van der Waals surface area (Å²) in [6.45, 7) is 1.99. The van der Waals surface area contributed by atoms with Crippen LogP contribution in [0.4, 0.5) is 0 Å². The highest BCUT2D eigenvalue weighted by atomic mass is 16.1. The van der Waals surface area contributed by atoms with E-state index in [0.29, 0.717) is 0 Å². The van der Waals surface area contributed by atoms with Crippen LogP contribution in [0.15, 0.2) is 72.1 Å². The summed E-state index contributed by atoms with van der Waals surface area (Å²) in [5, 5.41) is 0. The molecule has 0 unspecified atom stereocenters. The average Bonchev–Trinajstić information content (AvgIpc) is 2.55. The van der Waals surface area contributed by atoms with Gasteiger partial charge in [0.05, 0.1) is 0 Å². The molecule has 0 N–H and O–H groups in total. The van der Waals surface area contributed by atoms with Crippen molar-refractivity contribution in [1.29, 1.82) is 0 Å². The van der Waals surface area contributed by atoms with E-state index in [1.165, 1.54) is 5.56 Å². The number of hydrogen-bond donors (Lipinski definition) is 0. The summed E-state index contributed by atoms with van der Waals surface area (Å²) in [4.78, 5) is 16.7. The zero-order valence-corrected chi connectivity index (χ0v) is 12.0. The summed E-state index contributed by atoms with van der Waals surface area (Å²) in [5.41, 5.74) is 4.95. The highest BCUT2D eigenvalue weighted by Gasteiger charge is 2.24. The normalized spacial score (nSPS) is 18.0. The summed E-state index contributed by atoms with van der Waals surface area (Å²) in [7, 11) is 0. The molecule has 1 aliphatic carbocycles. The molecule has 1 heterocycles. The largest absolute Gasteiger partial charge is 0.289 e. The molecule has 0 radical (unpaired) electrons. The van der Waals surface area contributed by atoms with E-state index in [-0.39, 0.29) is 5.78 Å². The first-order valence-electron chi connectivity index (χ1n) is 7.17. The molecule has 0 amide bonds. The molecule has 0 atom stereocenters. The van der Waals surface area contributed by atoms with Crippen LogP contribution in [0, 0.1) is 0 Å². The number of pyridine rings is 1. The standard InChI is InChI=1S/C19H17NO/c1-2-15-12-16-10-11-20-13-18(16)19(21)17(15)9-8-14-6-4-3-5-7-14/h2-7,9-11,13H,8,12H2,1H3/b15-2-,17-9+. The number of benzene rings is 1. The van der Waals surface area contributed by atoms with E-state index in [2.05, 4.69) is 17.1 Å².